The Bertz CT molecular complexity index is 2880. The number of hydrogen-bond donors (Lipinski definition) is 0. The lowest BCUT2D eigenvalue weighted by atomic mass is 9.97. The average Bonchev–Trinajstić information content (AvgIpc) is 3.78. The van der Waals surface area contributed by atoms with Crippen LogP contribution in [0.25, 0.3) is 88.1 Å². The molecule has 0 amide bonds. The van der Waals surface area contributed by atoms with Gasteiger partial charge in [0.25, 0.3) is 0 Å². The molecule has 3 heterocycles. The van der Waals surface area contributed by atoms with E-state index in [1.54, 1.807) is 0 Å². The Kier molecular flexibility index (Phi) is 5.32. The van der Waals surface area contributed by atoms with Crippen molar-refractivity contribution < 1.29 is 4.42 Å². The highest BCUT2D eigenvalue weighted by Crippen LogP contribution is 2.40. The summed E-state index contributed by atoms with van der Waals surface area (Å²) in [5.41, 5.74) is 10.7. The van der Waals surface area contributed by atoms with Gasteiger partial charge in [-0.3, -0.25) is 0 Å². The molecule has 0 radical (unpaired) electrons. The third kappa shape index (κ3) is 3.63. The van der Waals surface area contributed by atoms with E-state index in [1.165, 1.54) is 10.8 Å². The Morgan fingerprint density at radius 1 is 0.426 bits per heavy atom. The topological polar surface area (TPSA) is 46.8 Å². The van der Waals surface area contributed by atoms with Crippen LogP contribution in [0.5, 0.6) is 0 Å². The number of para-hydroxylation sites is 5. The summed E-state index contributed by atoms with van der Waals surface area (Å²) in [5.74, 6) is 0. The normalized spacial score (nSPS) is 11.8. The van der Waals surface area contributed by atoms with Gasteiger partial charge >= 0.3 is 0 Å². The molecular formula is C43H25N3O. The SMILES string of the molecule is N#Cc1cc(-n2c3ccccc3c3cc4oc5ccccc5c4cc32)ccc1-c1ccccc1-n1c2ccccc2c2ccccc21. The van der Waals surface area contributed by atoms with E-state index in [0.717, 1.165) is 77.3 Å². The Labute approximate surface area is 269 Å². The quantitative estimate of drug-likeness (QED) is 0.203. The second-order valence-electron chi connectivity index (χ2n) is 12.0. The molecule has 4 nitrogen and oxygen atoms in total. The lowest BCUT2D eigenvalue weighted by Gasteiger charge is -2.16. The van der Waals surface area contributed by atoms with Gasteiger partial charge in [-0.05, 0) is 54.6 Å². The first-order valence-electron chi connectivity index (χ1n) is 15.8. The minimum absolute atomic E-state index is 0.622. The molecule has 0 atom stereocenters. The molecule has 218 valence electrons. The van der Waals surface area contributed by atoms with Gasteiger partial charge in [-0.2, -0.15) is 5.26 Å². The van der Waals surface area contributed by atoms with E-state index in [-0.39, 0.29) is 0 Å². The highest BCUT2D eigenvalue weighted by Gasteiger charge is 2.20. The maximum atomic E-state index is 10.6. The van der Waals surface area contributed by atoms with Gasteiger partial charge in [-0.25, -0.2) is 0 Å². The smallest absolute Gasteiger partial charge is 0.136 e. The number of nitrogens with zero attached hydrogens (tertiary/aromatic N) is 3. The third-order valence-electron chi connectivity index (χ3n) is 9.57. The molecule has 0 saturated heterocycles. The zero-order valence-corrected chi connectivity index (χ0v) is 25.2. The number of fused-ring (bicyclic) bond motifs is 9. The van der Waals surface area contributed by atoms with Crippen molar-refractivity contribution in [3.8, 4) is 28.6 Å². The highest BCUT2D eigenvalue weighted by molar-refractivity contribution is 6.17. The maximum absolute atomic E-state index is 10.6. The zero-order chi connectivity index (χ0) is 31.1. The molecule has 0 bridgehead atoms. The van der Waals surface area contributed by atoms with Gasteiger partial charge in [0, 0.05) is 49.1 Å². The molecule has 0 aliphatic rings. The molecule has 0 saturated carbocycles. The molecule has 0 aliphatic heterocycles. The summed E-state index contributed by atoms with van der Waals surface area (Å²) < 4.78 is 10.9. The lowest BCUT2D eigenvalue weighted by molar-refractivity contribution is 0.669. The number of rotatable bonds is 3. The van der Waals surface area contributed by atoms with Gasteiger partial charge in [0.2, 0.25) is 0 Å². The van der Waals surface area contributed by atoms with E-state index in [2.05, 4.69) is 143 Å². The fourth-order valence-electron chi connectivity index (χ4n) is 7.54. The first-order chi connectivity index (χ1) is 23.3. The standard InChI is InChI=1S/C43H25N3O/c44-26-27-23-28(45-37-16-6-4-14-33(37)35-25-43-36(24-41(35)45)34-15-5-10-20-42(34)47-43)21-22-29(27)30-11-1-7-17-38(30)46-39-18-8-2-12-31(39)32-13-3-9-19-40(32)46/h1-25H. The minimum atomic E-state index is 0.622. The Hall–Kier alpha value is -6.57. The van der Waals surface area contributed by atoms with Crippen LogP contribution in [0.1, 0.15) is 5.56 Å². The predicted molar refractivity (Wildman–Crippen MR) is 193 cm³/mol. The fourth-order valence-corrected chi connectivity index (χ4v) is 7.54. The molecule has 47 heavy (non-hydrogen) atoms. The van der Waals surface area contributed by atoms with E-state index >= 15 is 0 Å². The van der Waals surface area contributed by atoms with Crippen molar-refractivity contribution >= 4 is 65.6 Å². The summed E-state index contributed by atoms with van der Waals surface area (Å²) in [6.45, 7) is 0. The van der Waals surface area contributed by atoms with Crippen molar-refractivity contribution in [2.45, 2.75) is 0 Å². The highest BCUT2D eigenvalue weighted by atomic mass is 16.3. The van der Waals surface area contributed by atoms with E-state index < -0.39 is 0 Å². The second kappa shape index (κ2) is 9.71. The van der Waals surface area contributed by atoms with Crippen LogP contribution in [0.15, 0.2) is 156 Å². The first-order valence-corrected chi connectivity index (χ1v) is 15.8. The number of furan rings is 1. The van der Waals surface area contributed by atoms with E-state index in [1.807, 2.05) is 24.3 Å². The second-order valence-corrected chi connectivity index (χ2v) is 12.0. The Balaban J connectivity index is 1.21. The van der Waals surface area contributed by atoms with Gasteiger partial charge in [0.15, 0.2) is 0 Å². The summed E-state index contributed by atoms with van der Waals surface area (Å²) in [6.07, 6.45) is 0. The Morgan fingerprint density at radius 2 is 1.02 bits per heavy atom. The molecule has 0 N–H and O–H groups in total. The van der Waals surface area contributed by atoms with Crippen LogP contribution in [0.3, 0.4) is 0 Å². The van der Waals surface area contributed by atoms with Gasteiger partial charge < -0.3 is 13.6 Å². The van der Waals surface area contributed by atoms with Crippen molar-refractivity contribution in [1.82, 2.24) is 9.13 Å². The number of hydrogen-bond acceptors (Lipinski definition) is 2. The molecule has 4 heteroatoms. The molecule has 0 aliphatic carbocycles. The first kappa shape index (κ1) is 25.7. The largest absolute Gasteiger partial charge is 0.456 e. The van der Waals surface area contributed by atoms with Crippen LogP contribution in [0.4, 0.5) is 0 Å². The van der Waals surface area contributed by atoms with Crippen LogP contribution >= 0.6 is 0 Å². The van der Waals surface area contributed by atoms with Crippen molar-refractivity contribution in [3.05, 3.63) is 157 Å². The molecule has 0 fully saturated rings. The van der Waals surface area contributed by atoms with Gasteiger partial charge in [-0.1, -0.05) is 97.1 Å². The molecule has 0 spiro atoms. The van der Waals surface area contributed by atoms with Crippen molar-refractivity contribution in [3.63, 3.8) is 0 Å². The minimum Gasteiger partial charge on any atom is -0.456 e. The van der Waals surface area contributed by atoms with Gasteiger partial charge in [0.1, 0.15) is 11.2 Å². The van der Waals surface area contributed by atoms with Crippen LogP contribution in [-0.2, 0) is 0 Å². The van der Waals surface area contributed by atoms with Crippen LogP contribution < -0.4 is 0 Å². The van der Waals surface area contributed by atoms with Gasteiger partial charge in [0.05, 0.1) is 39.4 Å². The average molecular weight is 600 g/mol. The number of benzene rings is 7. The van der Waals surface area contributed by atoms with Crippen molar-refractivity contribution in [2.75, 3.05) is 0 Å². The monoisotopic (exact) mass is 599 g/mol. The molecule has 10 rings (SSSR count). The third-order valence-corrected chi connectivity index (χ3v) is 9.57. The van der Waals surface area contributed by atoms with Crippen molar-refractivity contribution in [1.29, 1.82) is 5.26 Å². The summed E-state index contributed by atoms with van der Waals surface area (Å²) >= 11 is 0. The summed E-state index contributed by atoms with van der Waals surface area (Å²) in [4.78, 5) is 0. The molecule has 7 aromatic carbocycles. The predicted octanol–water partition coefficient (Wildman–Crippen LogP) is 11.3. The van der Waals surface area contributed by atoms with E-state index in [0.29, 0.717) is 5.56 Å². The maximum Gasteiger partial charge on any atom is 0.136 e. The van der Waals surface area contributed by atoms with Crippen LogP contribution in [0.2, 0.25) is 0 Å². The van der Waals surface area contributed by atoms with Gasteiger partial charge in [-0.15, -0.1) is 0 Å². The fraction of sp³-hybridized carbons (Fsp3) is 0. The molecule has 3 aromatic heterocycles. The van der Waals surface area contributed by atoms with Crippen LogP contribution in [-0.4, -0.2) is 9.13 Å². The summed E-state index contributed by atoms with van der Waals surface area (Å²) in [5, 5.41) is 17.5. The molecule has 0 unspecified atom stereocenters. The van der Waals surface area contributed by atoms with E-state index in [9.17, 15) is 5.26 Å². The van der Waals surface area contributed by atoms with Crippen LogP contribution in [0, 0.1) is 11.3 Å². The summed E-state index contributed by atoms with van der Waals surface area (Å²) in [6, 6.07) is 55.3. The van der Waals surface area contributed by atoms with E-state index in [4.69, 9.17) is 4.42 Å². The van der Waals surface area contributed by atoms with Crippen molar-refractivity contribution in [2.24, 2.45) is 0 Å². The zero-order valence-electron chi connectivity index (χ0n) is 25.2. The summed E-state index contributed by atoms with van der Waals surface area (Å²) in [7, 11) is 0. The number of nitriles is 1. The number of aromatic nitrogens is 2. The Morgan fingerprint density at radius 3 is 1.74 bits per heavy atom. The lowest BCUT2D eigenvalue weighted by Crippen LogP contribution is -1.99. The molecule has 10 aromatic rings. The molecular weight excluding hydrogens is 574 g/mol.